The summed E-state index contributed by atoms with van der Waals surface area (Å²) >= 11 is 0. The Morgan fingerprint density at radius 2 is 1.71 bits per heavy atom. The first-order valence-corrected chi connectivity index (χ1v) is 11.8. The Kier molecular flexibility index (Phi) is 4.39. The molecule has 0 bridgehead atoms. The van der Waals surface area contributed by atoms with E-state index in [1.165, 1.54) is 0 Å². The fraction of sp³-hybridized carbons (Fsp3) is 0.214. The van der Waals surface area contributed by atoms with Gasteiger partial charge in [0.05, 0.1) is 6.04 Å². The van der Waals surface area contributed by atoms with Crippen LogP contribution in [0.3, 0.4) is 0 Å². The second-order valence-electron chi connectivity index (χ2n) is 9.28. The van der Waals surface area contributed by atoms with Gasteiger partial charge in [0.25, 0.3) is 0 Å². The lowest BCUT2D eigenvalue weighted by Crippen LogP contribution is -2.62. The molecule has 3 aliphatic heterocycles. The van der Waals surface area contributed by atoms with Gasteiger partial charge in [0.2, 0.25) is 18.6 Å². The summed E-state index contributed by atoms with van der Waals surface area (Å²) in [6, 6.07) is 22.7. The van der Waals surface area contributed by atoms with Gasteiger partial charge in [-0.2, -0.15) is 0 Å². The Bertz CT molecular complexity index is 1480. The lowest BCUT2D eigenvalue weighted by molar-refractivity contribution is -0.159. The average Bonchev–Trinajstić information content (AvgIpc) is 3.50. The summed E-state index contributed by atoms with van der Waals surface area (Å²) in [5.74, 6) is 1.27. The SMILES string of the molecule is O=C1C2Cc3c([nH]c4ccccc34)C(c3ccc4c(c3)OCO4)N2C(=O)CN1Cc1ccccc1. The molecular weight excluding hydrogens is 442 g/mol. The number of nitrogens with one attached hydrogen (secondary N) is 1. The minimum Gasteiger partial charge on any atom is -0.454 e. The maximum Gasteiger partial charge on any atom is 0.246 e. The molecule has 35 heavy (non-hydrogen) atoms. The molecule has 1 aromatic heterocycles. The molecule has 7 nitrogen and oxygen atoms in total. The maximum absolute atomic E-state index is 13.8. The number of amides is 2. The Labute approximate surface area is 201 Å². The molecule has 3 aromatic carbocycles. The Morgan fingerprint density at radius 1 is 0.914 bits per heavy atom. The third-order valence-corrected chi connectivity index (χ3v) is 7.27. The van der Waals surface area contributed by atoms with Gasteiger partial charge in [0.1, 0.15) is 12.6 Å². The number of piperazine rings is 1. The zero-order valence-electron chi connectivity index (χ0n) is 18.9. The number of H-pyrrole nitrogens is 1. The highest BCUT2D eigenvalue weighted by Gasteiger charge is 2.48. The predicted octanol–water partition coefficient (Wildman–Crippen LogP) is 3.78. The van der Waals surface area contributed by atoms with Gasteiger partial charge < -0.3 is 24.3 Å². The molecule has 0 radical (unpaired) electrons. The average molecular weight is 466 g/mol. The Hall–Kier alpha value is -4.26. The summed E-state index contributed by atoms with van der Waals surface area (Å²) in [5.41, 5.74) is 4.96. The van der Waals surface area contributed by atoms with Crippen LogP contribution >= 0.6 is 0 Å². The van der Waals surface area contributed by atoms with E-state index in [1.54, 1.807) is 9.80 Å². The van der Waals surface area contributed by atoms with Crippen LogP contribution in [0.15, 0.2) is 72.8 Å². The first kappa shape index (κ1) is 20.1. The lowest BCUT2D eigenvalue weighted by atomic mass is 9.86. The van der Waals surface area contributed by atoms with Gasteiger partial charge in [-0.25, -0.2) is 0 Å². The molecule has 0 saturated carbocycles. The lowest BCUT2D eigenvalue weighted by Gasteiger charge is -2.47. The van der Waals surface area contributed by atoms with Crippen molar-refractivity contribution in [3.8, 4) is 11.5 Å². The van der Waals surface area contributed by atoms with Crippen LogP contribution in [0.25, 0.3) is 10.9 Å². The van der Waals surface area contributed by atoms with E-state index in [0.29, 0.717) is 24.5 Å². The van der Waals surface area contributed by atoms with E-state index >= 15 is 0 Å². The standard InChI is InChI=1S/C28H23N3O4/c32-25-15-30(14-17-6-2-1-3-7-17)28(33)22-13-20-19-8-4-5-9-21(19)29-26(20)27(31(22)25)18-10-11-23-24(12-18)35-16-34-23/h1-12,22,27,29H,13-16H2. The van der Waals surface area contributed by atoms with Crippen molar-refractivity contribution in [2.24, 2.45) is 0 Å². The highest BCUT2D eigenvalue weighted by Crippen LogP contribution is 2.45. The molecule has 4 heterocycles. The molecule has 1 saturated heterocycles. The van der Waals surface area contributed by atoms with Crippen LogP contribution in [-0.4, -0.2) is 46.0 Å². The largest absolute Gasteiger partial charge is 0.454 e. The molecule has 7 heteroatoms. The summed E-state index contributed by atoms with van der Waals surface area (Å²) in [5, 5.41) is 1.09. The van der Waals surface area contributed by atoms with Gasteiger partial charge in [0.15, 0.2) is 11.5 Å². The van der Waals surface area contributed by atoms with E-state index in [1.807, 2.05) is 66.7 Å². The number of nitrogens with zero attached hydrogens (tertiary/aromatic N) is 2. The number of benzene rings is 3. The monoisotopic (exact) mass is 465 g/mol. The molecule has 0 aliphatic carbocycles. The molecule has 2 amide bonds. The fourth-order valence-electron chi connectivity index (χ4n) is 5.69. The number of carbonyl (C=O) groups excluding carboxylic acids is 2. The van der Waals surface area contributed by atoms with Gasteiger partial charge in [0, 0.05) is 29.6 Å². The van der Waals surface area contributed by atoms with Gasteiger partial charge in [-0.15, -0.1) is 0 Å². The number of carbonyl (C=O) groups is 2. The molecule has 2 atom stereocenters. The van der Waals surface area contributed by atoms with Crippen molar-refractivity contribution in [3.63, 3.8) is 0 Å². The number of hydrogen-bond donors (Lipinski definition) is 1. The zero-order chi connectivity index (χ0) is 23.5. The van der Waals surface area contributed by atoms with E-state index in [0.717, 1.165) is 33.3 Å². The van der Waals surface area contributed by atoms with Crippen LogP contribution < -0.4 is 9.47 Å². The molecule has 3 aliphatic rings. The number of para-hydroxylation sites is 1. The van der Waals surface area contributed by atoms with E-state index < -0.39 is 12.1 Å². The minimum atomic E-state index is -0.568. The third-order valence-electron chi connectivity index (χ3n) is 7.27. The molecule has 2 unspecified atom stereocenters. The Morgan fingerprint density at radius 3 is 2.60 bits per heavy atom. The first-order valence-electron chi connectivity index (χ1n) is 11.8. The van der Waals surface area contributed by atoms with Crippen molar-refractivity contribution in [2.75, 3.05) is 13.3 Å². The van der Waals surface area contributed by atoms with Crippen LogP contribution in [0.1, 0.15) is 28.4 Å². The number of fused-ring (bicyclic) bond motifs is 5. The van der Waals surface area contributed by atoms with Crippen molar-refractivity contribution in [3.05, 3.63) is 95.2 Å². The number of aromatic amines is 1. The van der Waals surface area contributed by atoms with Gasteiger partial charge >= 0.3 is 0 Å². The molecule has 174 valence electrons. The van der Waals surface area contributed by atoms with E-state index in [4.69, 9.17) is 9.47 Å². The molecule has 4 aromatic rings. The number of aromatic nitrogens is 1. The smallest absolute Gasteiger partial charge is 0.246 e. The highest BCUT2D eigenvalue weighted by atomic mass is 16.7. The minimum absolute atomic E-state index is 0.0184. The van der Waals surface area contributed by atoms with Crippen molar-refractivity contribution in [1.82, 2.24) is 14.8 Å². The molecule has 7 rings (SSSR count). The number of hydrogen-bond acceptors (Lipinski definition) is 4. The van der Waals surface area contributed by atoms with Gasteiger partial charge in [-0.3, -0.25) is 9.59 Å². The van der Waals surface area contributed by atoms with Crippen LogP contribution in [-0.2, 0) is 22.6 Å². The van der Waals surface area contributed by atoms with Crippen LogP contribution in [0.4, 0.5) is 0 Å². The van der Waals surface area contributed by atoms with Crippen molar-refractivity contribution < 1.29 is 19.1 Å². The van der Waals surface area contributed by atoms with E-state index in [-0.39, 0.29) is 25.2 Å². The molecule has 0 spiro atoms. The number of ether oxygens (including phenoxy) is 2. The summed E-state index contributed by atoms with van der Waals surface area (Å²) in [6.45, 7) is 0.658. The zero-order valence-corrected chi connectivity index (χ0v) is 18.9. The van der Waals surface area contributed by atoms with Crippen molar-refractivity contribution in [1.29, 1.82) is 0 Å². The third kappa shape index (κ3) is 3.11. The normalized spacial score (nSPS) is 20.8. The van der Waals surface area contributed by atoms with E-state index in [9.17, 15) is 9.59 Å². The summed E-state index contributed by atoms with van der Waals surface area (Å²) < 4.78 is 11.1. The van der Waals surface area contributed by atoms with Gasteiger partial charge in [-0.05, 0) is 34.9 Å². The van der Waals surface area contributed by atoms with Crippen LogP contribution in [0.2, 0.25) is 0 Å². The van der Waals surface area contributed by atoms with Crippen LogP contribution in [0.5, 0.6) is 11.5 Å². The van der Waals surface area contributed by atoms with Crippen molar-refractivity contribution >= 4 is 22.7 Å². The second-order valence-corrected chi connectivity index (χ2v) is 9.28. The summed E-state index contributed by atoms with van der Waals surface area (Å²) in [7, 11) is 0. The number of rotatable bonds is 3. The summed E-state index contributed by atoms with van der Waals surface area (Å²) in [6.07, 6.45) is 0.482. The molecule has 1 N–H and O–H groups in total. The van der Waals surface area contributed by atoms with Crippen molar-refractivity contribution in [2.45, 2.75) is 25.0 Å². The van der Waals surface area contributed by atoms with E-state index in [2.05, 4.69) is 11.1 Å². The predicted molar refractivity (Wildman–Crippen MR) is 129 cm³/mol. The van der Waals surface area contributed by atoms with Crippen LogP contribution in [0, 0.1) is 0 Å². The molecular formula is C28H23N3O4. The topological polar surface area (TPSA) is 74.9 Å². The maximum atomic E-state index is 13.8. The second kappa shape index (κ2) is 7.63. The Balaban J connectivity index is 1.35. The molecule has 1 fully saturated rings. The quantitative estimate of drug-likeness (QED) is 0.500. The van der Waals surface area contributed by atoms with Gasteiger partial charge in [-0.1, -0.05) is 54.6 Å². The first-order chi connectivity index (χ1) is 17.2. The highest BCUT2D eigenvalue weighted by molar-refractivity contribution is 5.97. The fourth-order valence-corrected chi connectivity index (χ4v) is 5.69. The summed E-state index contributed by atoms with van der Waals surface area (Å²) in [4.78, 5) is 34.5.